The van der Waals surface area contributed by atoms with Crippen LogP contribution in [0.1, 0.15) is 23.6 Å². The summed E-state index contributed by atoms with van der Waals surface area (Å²) in [6, 6.07) is 7.13. The summed E-state index contributed by atoms with van der Waals surface area (Å²) in [7, 11) is 0. The van der Waals surface area contributed by atoms with Gasteiger partial charge in [-0.15, -0.1) is 0 Å². The molecule has 6 nitrogen and oxygen atoms in total. The Morgan fingerprint density at radius 2 is 1.93 bits per heavy atom. The molecule has 0 heterocycles. The first-order valence-electron chi connectivity index (χ1n) is 8.19. The van der Waals surface area contributed by atoms with Gasteiger partial charge in [-0.3, -0.25) is 4.79 Å². The minimum atomic E-state index is -0.462. The molecule has 2 aromatic rings. The Kier molecular flexibility index (Phi) is 7.33. The van der Waals surface area contributed by atoms with Crippen LogP contribution in [-0.4, -0.2) is 30.4 Å². The lowest BCUT2D eigenvalue weighted by Gasteiger charge is -2.11. The van der Waals surface area contributed by atoms with Gasteiger partial charge >= 0.3 is 0 Å². The number of nitrogens with one attached hydrogen (secondary N) is 1. The molecule has 0 bridgehead atoms. The van der Waals surface area contributed by atoms with E-state index in [1.807, 2.05) is 32.0 Å². The van der Waals surface area contributed by atoms with Gasteiger partial charge in [-0.2, -0.15) is 5.10 Å². The first-order valence-corrected chi connectivity index (χ1v) is 8.95. The van der Waals surface area contributed by atoms with Crippen molar-refractivity contribution in [3.8, 4) is 17.2 Å². The molecule has 0 saturated carbocycles. The predicted octanol–water partition coefficient (Wildman–Crippen LogP) is 4.24. The Morgan fingerprint density at radius 1 is 1.26 bits per heavy atom. The molecule has 0 spiro atoms. The van der Waals surface area contributed by atoms with Crippen molar-refractivity contribution >= 4 is 35.3 Å². The van der Waals surface area contributed by atoms with Crippen LogP contribution < -0.4 is 14.9 Å². The molecular formula is C19H20Cl2N2O4. The number of aryl methyl sites for hydroxylation is 2. The Labute approximate surface area is 167 Å². The highest BCUT2D eigenvalue weighted by atomic mass is 35.5. The van der Waals surface area contributed by atoms with Gasteiger partial charge in [0.1, 0.15) is 5.75 Å². The van der Waals surface area contributed by atoms with Gasteiger partial charge in [-0.25, -0.2) is 5.43 Å². The lowest BCUT2D eigenvalue weighted by Crippen LogP contribution is -2.25. The minimum Gasteiger partial charge on any atom is -0.504 e. The number of benzene rings is 2. The number of aromatic hydroxyl groups is 1. The molecule has 144 valence electrons. The quantitative estimate of drug-likeness (QED) is 0.528. The largest absolute Gasteiger partial charge is 0.504 e. The zero-order chi connectivity index (χ0) is 20.0. The monoisotopic (exact) mass is 410 g/mol. The summed E-state index contributed by atoms with van der Waals surface area (Å²) >= 11 is 12.1. The average molecular weight is 411 g/mol. The summed E-state index contributed by atoms with van der Waals surface area (Å²) in [5, 5.41) is 14.3. The molecular weight excluding hydrogens is 391 g/mol. The molecule has 0 saturated heterocycles. The van der Waals surface area contributed by atoms with Crippen LogP contribution in [0.4, 0.5) is 0 Å². The molecule has 2 aromatic carbocycles. The maximum atomic E-state index is 11.9. The highest BCUT2D eigenvalue weighted by Crippen LogP contribution is 2.39. The summed E-state index contributed by atoms with van der Waals surface area (Å²) < 4.78 is 10.8. The van der Waals surface area contributed by atoms with Crippen molar-refractivity contribution < 1.29 is 19.4 Å². The van der Waals surface area contributed by atoms with Gasteiger partial charge in [-0.05, 0) is 31.9 Å². The molecule has 27 heavy (non-hydrogen) atoms. The number of hydrogen-bond acceptors (Lipinski definition) is 5. The smallest absolute Gasteiger partial charge is 0.277 e. The van der Waals surface area contributed by atoms with Crippen molar-refractivity contribution in [3.63, 3.8) is 0 Å². The Hall–Kier alpha value is -2.44. The van der Waals surface area contributed by atoms with E-state index in [1.54, 1.807) is 6.92 Å². The van der Waals surface area contributed by atoms with Crippen LogP contribution in [0.2, 0.25) is 10.0 Å². The second-order valence-corrected chi connectivity index (χ2v) is 6.45. The fourth-order valence-electron chi connectivity index (χ4n) is 2.36. The van der Waals surface area contributed by atoms with Crippen molar-refractivity contribution in [2.24, 2.45) is 5.10 Å². The molecule has 0 aromatic heterocycles. The third-order valence-corrected chi connectivity index (χ3v) is 4.43. The first kappa shape index (κ1) is 20.9. The summed E-state index contributed by atoms with van der Waals surface area (Å²) in [6.45, 7) is 5.71. The zero-order valence-electron chi connectivity index (χ0n) is 15.2. The van der Waals surface area contributed by atoms with Crippen molar-refractivity contribution in [1.29, 1.82) is 0 Å². The van der Waals surface area contributed by atoms with Crippen LogP contribution in [-0.2, 0) is 4.79 Å². The van der Waals surface area contributed by atoms with Crippen molar-refractivity contribution in [2.75, 3.05) is 13.2 Å². The standard InChI is InChI=1S/C19H20Cl2N2O4/c1-4-26-15-8-14(20)17(21)13(18(15)25)9-22-23-16(24)10-27-19-11(2)6-5-7-12(19)3/h5-9,25H,4,10H2,1-3H3,(H,23,24)/b22-9+. The van der Waals surface area contributed by atoms with Crippen LogP contribution in [0.15, 0.2) is 29.4 Å². The lowest BCUT2D eigenvalue weighted by atomic mass is 10.1. The number of para-hydroxylation sites is 1. The number of phenols is 1. The van der Waals surface area contributed by atoms with Gasteiger partial charge in [0, 0.05) is 6.07 Å². The fourth-order valence-corrected chi connectivity index (χ4v) is 2.75. The van der Waals surface area contributed by atoms with Crippen LogP contribution in [0.3, 0.4) is 0 Å². The number of nitrogens with zero attached hydrogens (tertiary/aromatic N) is 1. The molecule has 0 radical (unpaired) electrons. The van der Waals surface area contributed by atoms with E-state index in [0.717, 1.165) is 11.1 Å². The molecule has 0 unspecified atom stereocenters. The van der Waals surface area contributed by atoms with E-state index in [4.69, 9.17) is 32.7 Å². The third-order valence-electron chi connectivity index (χ3n) is 3.63. The Balaban J connectivity index is 2.04. The molecule has 2 rings (SSSR count). The number of rotatable bonds is 7. The number of hydrazone groups is 1. The van der Waals surface area contributed by atoms with Crippen LogP contribution in [0, 0.1) is 13.8 Å². The molecule has 8 heteroatoms. The second-order valence-electron chi connectivity index (χ2n) is 5.67. The Morgan fingerprint density at radius 3 is 2.56 bits per heavy atom. The van der Waals surface area contributed by atoms with Crippen LogP contribution >= 0.6 is 23.2 Å². The van der Waals surface area contributed by atoms with E-state index >= 15 is 0 Å². The fraction of sp³-hybridized carbons (Fsp3) is 0.263. The number of carbonyl (C=O) groups is 1. The number of carbonyl (C=O) groups excluding carboxylic acids is 1. The molecule has 0 aliphatic rings. The van der Waals surface area contributed by atoms with Crippen molar-refractivity contribution in [2.45, 2.75) is 20.8 Å². The summed E-state index contributed by atoms with van der Waals surface area (Å²) in [6.07, 6.45) is 1.20. The number of amides is 1. The maximum Gasteiger partial charge on any atom is 0.277 e. The van der Waals surface area contributed by atoms with E-state index in [-0.39, 0.29) is 33.7 Å². The number of halogens is 2. The zero-order valence-corrected chi connectivity index (χ0v) is 16.7. The van der Waals surface area contributed by atoms with E-state index in [2.05, 4.69) is 10.5 Å². The normalized spacial score (nSPS) is 10.9. The lowest BCUT2D eigenvalue weighted by molar-refractivity contribution is -0.123. The number of ether oxygens (including phenoxy) is 2. The second kappa shape index (κ2) is 9.48. The topological polar surface area (TPSA) is 80.2 Å². The molecule has 2 N–H and O–H groups in total. The van der Waals surface area contributed by atoms with Crippen molar-refractivity contribution in [1.82, 2.24) is 5.43 Å². The number of phenolic OH excluding ortho intramolecular Hbond substituents is 1. The molecule has 0 fully saturated rings. The van der Waals surface area contributed by atoms with Crippen LogP contribution in [0.25, 0.3) is 0 Å². The van der Waals surface area contributed by atoms with Gasteiger partial charge in [0.2, 0.25) is 0 Å². The van der Waals surface area contributed by atoms with Gasteiger partial charge in [0.05, 0.1) is 28.4 Å². The third kappa shape index (κ3) is 5.28. The van der Waals surface area contributed by atoms with E-state index < -0.39 is 5.91 Å². The first-order chi connectivity index (χ1) is 12.8. The molecule has 0 aliphatic heterocycles. The summed E-state index contributed by atoms with van der Waals surface area (Å²) in [4.78, 5) is 11.9. The van der Waals surface area contributed by atoms with E-state index in [9.17, 15) is 9.90 Å². The molecule has 1 amide bonds. The van der Waals surface area contributed by atoms with Gasteiger partial charge in [0.15, 0.2) is 18.1 Å². The minimum absolute atomic E-state index is 0.0994. The van der Waals surface area contributed by atoms with E-state index in [1.165, 1.54) is 12.3 Å². The summed E-state index contributed by atoms with van der Waals surface area (Å²) in [5.41, 5.74) is 4.33. The predicted molar refractivity (Wildman–Crippen MR) is 106 cm³/mol. The maximum absolute atomic E-state index is 11.9. The Bertz CT molecular complexity index is 849. The van der Waals surface area contributed by atoms with E-state index in [0.29, 0.717) is 12.4 Å². The highest BCUT2D eigenvalue weighted by molar-refractivity contribution is 6.43. The van der Waals surface area contributed by atoms with Crippen molar-refractivity contribution in [3.05, 3.63) is 51.0 Å². The molecule has 0 atom stereocenters. The SMILES string of the molecule is CCOc1cc(Cl)c(Cl)c(/C=N/NC(=O)COc2c(C)cccc2C)c1O. The number of hydrogen-bond donors (Lipinski definition) is 2. The van der Waals surface area contributed by atoms with Gasteiger partial charge in [-0.1, -0.05) is 41.4 Å². The highest BCUT2D eigenvalue weighted by Gasteiger charge is 2.15. The van der Waals surface area contributed by atoms with Crippen LogP contribution in [0.5, 0.6) is 17.2 Å². The van der Waals surface area contributed by atoms with Gasteiger partial charge < -0.3 is 14.6 Å². The summed E-state index contributed by atoms with van der Waals surface area (Å²) in [5.74, 6) is 0.166. The average Bonchev–Trinajstić information content (AvgIpc) is 2.62. The van der Waals surface area contributed by atoms with Gasteiger partial charge in [0.25, 0.3) is 5.91 Å². The molecule has 0 aliphatic carbocycles.